The van der Waals surface area contributed by atoms with Crippen molar-refractivity contribution in [3.63, 3.8) is 0 Å². The van der Waals surface area contributed by atoms with Crippen molar-refractivity contribution in [2.45, 2.75) is 57.0 Å². The van der Waals surface area contributed by atoms with Gasteiger partial charge in [0.25, 0.3) is 17.5 Å². The molecule has 1 saturated heterocycles. The van der Waals surface area contributed by atoms with E-state index in [0.717, 1.165) is 47.9 Å². The molecular weight excluding hydrogens is 490 g/mol. The summed E-state index contributed by atoms with van der Waals surface area (Å²) in [5.74, 6) is -1.13. The molecule has 0 bridgehead atoms. The third kappa shape index (κ3) is 4.83. The van der Waals surface area contributed by atoms with E-state index in [0.29, 0.717) is 5.69 Å². The monoisotopic (exact) mass is 513 g/mol. The molecule has 2 aliphatic rings. The zero-order valence-electron chi connectivity index (χ0n) is 18.0. The second-order valence-electron chi connectivity index (χ2n) is 8.43. The minimum atomic E-state index is -0.896. The number of hydrogen-bond donors (Lipinski definition) is 0. The van der Waals surface area contributed by atoms with Crippen molar-refractivity contribution in [3.8, 4) is 0 Å². The zero-order chi connectivity index (χ0) is 23.5. The van der Waals surface area contributed by atoms with Crippen molar-refractivity contribution in [1.29, 1.82) is 0 Å². The Hall–Kier alpha value is -3.07. The van der Waals surface area contributed by atoms with Crippen LogP contribution in [0.1, 0.15) is 55.3 Å². The van der Waals surface area contributed by atoms with E-state index in [1.54, 1.807) is 29.2 Å². The molecule has 2 fully saturated rings. The molecule has 3 amide bonds. The van der Waals surface area contributed by atoms with Crippen molar-refractivity contribution in [3.05, 3.63) is 68.7 Å². The lowest BCUT2D eigenvalue weighted by Crippen LogP contribution is -2.50. The Morgan fingerprint density at radius 3 is 2.15 bits per heavy atom. The van der Waals surface area contributed by atoms with E-state index < -0.39 is 16.9 Å². The summed E-state index contributed by atoms with van der Waals surface area (Å²) in [5.41, 5.74) is 0.632. The van der Waals surface area contributed by atoms with Crippen LogP contribution in [0.2, 0.25) is 0 Å². The minimum absolute atomic E-state index is 0.0792. The molecule has 1 aliphatic carbocycles. The number of nitro benzene ring substituents is 1. The van der Waals surface area contributed by atoms with Crippen molar-refractivity contribution in [2.75, 3.05) is 4.90 Å². The predicted molar refractivity (Wildman–Crippen MR) is 126 cm³/mol. The van der Waals surface area contributed by atoms with Gasteiger partial charge in [-0.25, -0.2) is 4.90 Å². The number of carbonyl (C=O) groups excluding carboxylic acids is 3. The summed E-state index contributed by atoms with van der Waals surface area (Å²) in [5, 5.41) is 11.0. The SMILES string of the molecule is O=C1CC(N(C(=O)c2ccc([N+](=O)[O-])cc2)C2CCCCCC2)C(=O)N1c1ccc(Br)cc1. The van der Waals surface area contributed by atoms with Crippen molar-refractivity contribution in [1.82, 2.24) is 4.90 Å². The Balaban J connectivity index is 1.67. The van der Waals surface area contributed by atoms with Crippen LogP contribution in [0.3, 0.4) is 0 Å². The van der Waals surface area contributed by atoms with Gasteiger partial charge in [0.05, 0.1) is 17.0 Å². The fourth-order valence-corrected chi connectivity index (χ4v) is 4.93. The first-order valence-electron chi connectivity index (χ1n) is 11.1. The van der Waals surface area contributed by atoms with E-state index >= 15 is 0 Å². The maximum atomic E-state index is 13.6. The highest BCUT2D eigenvalue weighted by Crippen LogP contribution is 2.32. The molecule has 0 radical (unpaired) electrons. The van der Waals surface area contributed by atoms with Crippen LogP contribution >= 0.6 is 15.9 Å². The molecule has 1 unspecified atom stereocenters. The average Bonchev–Trinajstić information content (AvgIpc) is 2.97. The lowest BCUT2D eigenvalue weighted by atomic mass is 10.0. The number of benzene rings is 2. The number of non-ortho nitro benzene ring substituents is 1. The minimum Gasteiger partial charge on any atom is -0.323 e. The van der Waals surface area contributed by atoms with Crippen LogP contribution in [0.4, 0.5) is 11.4 Å². The van der Waals surface area contributed by atoms with Crippen LogP contribution in [0.5, 0.6) is 0 Å². The summed E-state index contributed by atoms with van der Waals surface area (Å²) in [7, 11) is 0. The summed E-state index contributed by atoms with van der Waals surface area (Å²) in [6, 6.07) is 11.2. The van der Waals surface area contributed by atoms with Crippen LogP contribution in [-0.4, -0.2) is 39.6 Å². The van der Waals surface area contributed by atoms with Gasteiger partial charge in [0, 0.05) is 28.2 Å². The maximum Gasteiger partial charge on any atom is 0.269 e. The number of rotatable bonds is 5. The molecule has 1 saturated carbocycles. The number of carbonyl (C=O) groups is 3. The van der Waals surface area contributed by atoms with Crippen LogP contribution in [0.25, 0.3) is 0 Å². The maximum absolute atomic E-state index is 13.6. The average molecular weight is 514 g/mol. The Bertz CT molecular complexity index is 1060. The highest BCUT2D eigenvalue weighted by Gasteiger charge is 2.46. The third-order valence-corrected chi connectivity index (χ3v) is 6.85. The Kier molecular flexibility index (Phi) is 6.88. The first-order valence-corrected chi connectivity index (χ1v) is 11.9. The first-order chi connectivity index (χ1) is 15.9. The van der Waals surface area contributed by atoms with E-state index in [9.17, 15) is 24.5 Å². The number of hydrogen-bond acceptors (Lipinski definition) is 5. The molecule has 2 aromatic rings. The van der Waals surface area contributed by atoms with E-state index in [2.05, 4.69) is 15.9 Å². The summed E-state index contributed by atoms with van der Waals surface area (Å²) in [6.07, 6.45) is 5.46. The van der Waals surface area contributed by atoms with Gasteiger partial charge in [-0.1, -0.05) is 41.6 Å². The van der Waals surface area contributed by atoms with Crippen LogP contribution < -0.4 is 4.90 Å². The number of imide groups is 1. The summed E-state index contributed by atoms with van der Waals surface area (Å²) in [4.78, 5) is 53.2. The molecule has 0 spiro atoms. The Morgan fingerprint density at radius 2 is 1.58 bits per heavy atom. The van der Waals surface area contributed by atoms with Gasteiger partial charge in [0.1, 0.15) is 6.04 Å². The molecule has 33 heavy (non-hydrogen) atoms. The Labute approximate surface area is 199 Å². The number of amides is 3. The van der Waals surface area contributed by atoms with Crippen LogP contribution in [0.15, 0.2) is 53.0 Å². The smallest absolute Gasteiger partial charge is 0.269 e. The van der Waals surface area contributed by atoms with E-state index in [-0.39, 0.29) is 35.5 Å². The fourth-order valence-electron chi connectivity index (χ4n) is 4.67. The van der Waals surface area contributed by atoms with Crippen molar-refractivity contribution >= 4 is 45.0 Å². The van der Waals surface area contributed by atoms with E-state index in [4.69, 9.17) is 0 Å². The van der Waals surface area contributed by atoms with Crippen LogP contribution in [0, 0.1) is 10.1 Å². The highest BCUT2D eigenvalue weighted by molar-refractivity contribution is 9.10. The summed E-state index contributed by atoms with van der Waals surface area (Å²) >= 11 is 3.35. The lowest BCUT2D eigenvalue weighted by Gasteiger charge is -2.35. The Morgan fingerprint density at radius 1 is 0.970 bits per heavy atom. The number of nitro groups is 1. The standard InChI is InChI=1S/C24H24BrN3O5/c25-17-9-13-19(14-10-17)27-22(29)15-21(24(27)31)26(18-5-3-1-2-4-6-18)23(30)16-7-11-20(12-8-16)28(32)33/h7-14,18,21H,1-6,15H2. The van der Waals surface area contributed by atoms with E-state index in [1.807, 2.05) is 0 Å². The first kappa shape index (κ1) is 23.1. The van der Waals surface area contributed by atoms with Gasteiger partial charge < -0.3 is 4.90 Å². The molecular formula is C24H24BrN3O5. The molecule has 1 atom stereocenters. The lowest BCUT2D eigenvalue weighted by molar-refractivity contribution is -0.384. The van der Waals surface area contributed by atoms with Gasteiger partial charge >= 0.3 is 0 Å². The van der Waals surface area contributed by atoms with Crippen LogP contribution in [-0.2, 0) is 9.59 Å². The second-order valence-corrected chi connectivity index (χ2v) is 9.34. The zero-order valence-corrected chi connectivity index (χ0v) is 19.6. The molecule has 9 heteroatoms. The second kappa shape index (κ2) is 9.82. The normalized spacial score (nSPS) is 19.4. The molecule has 8 nitrogen and oxygen atoms in total. The quantitative estimate of drug-likeness (QED) is 0.246. The fraction of sp³-hybridized carbons (Fsp3) is 0.375. The highest BCUT2D eigenvalue weighted by atomic mass is 79.9. The number of halogens is 1. The molecule has 172 valence electrons. The van der Waals surface area contributed by atoms with Gasteiger partial charge in [0.2, 0.25) is 5.91 Å². The molecule has 2 aromatic carbocycles. The predicted octanol–water partition coefficient (Wildman–Crippen LogP) is 4.85. The molecule has 1 aliphatic heterocycles. The molecule has 4 rings (SSSR count). The van der Waals surface area contributed by atoms with Gasteiger partial charge in [-0.2, -0.15) is 0 Å². The summed E-state index contributed by atoms with van der Waals surface area (Å²) < 4.78 is 0.829. The number of anilines is 1. The van der Waals surface area contributed by atoms with E-state index in [1.165, 1.54) is 24.3 Å². The largest absolute Gasteiger partial charge is 0.323 e. The van der Waals surface area contributed by atoms with Gasteiger partial charge in [0.15, 0.2) is 0 Å². The number of nitrogens with zero attached hydrogens (tertiary/aromatic N) is 3. The topological polar surface area (TPSA) is 101 Å². The van der Waals surface area contributed by atoms with Crippen molar-refractivity contribution in [2.24, 2.45) is 0 Å². The molecule has 1 heterocycles. The van der Waals surface area contributed by atoms with Crippen molar-refractivity contribution < 1.29 is 19.3 Å². The van der Waals surface area contributed by atoms with Gasteiger partial charge in [-0.05, 0) is 49.2 Å². The third-order valence-electron chi connectivity index (χ3n) is 6.32. The van der Waals surface area contributed by atoms with Gasteiger partial charge in [-0.3, -0.25) is 24.5 Å². The summed E-state index contributed by atoms with van der Waals surface area (Å²) in [6.45, 7) is 0. The molecule has 0 N–H and O–H groups in total. The molecule has 0 aromatic heterocycles. The van der Waals surface area contributed by atoms with Gasteiger partial charge in [-0.15, -0.1) is 0 Å².